The fourth-order valence-electron chi connectivity index (χ4n) is 3.26. The van der Waals surface area contributed by atoms with Crippen LogP contribution in [0, 0.1) is 0 Å². The van der Waals surface area contributed by atoms with Crippen LogP contribution >= 0.6 is 35.0 Å². The molecule has 0 aromatic heterocycles. The Hall–Kier alpha value is -1.69. The molecule has 2 atom stereocenters. The normalized spacial score (nSPS) is 12.8. The van der Waals surface area contributed by atoms with Crippen molar-refractivity contribution in [3.05, 3.63) is 69.7 Å². The van der Waals surface area contributed by atoms with E-state index in [1.54, 1.807) is 28.8 Å². The van der Waals surface area contributed by atoms with Crippen molar-refractivity contribution in [2.24, 2.45) is 0 Å². The highest BCUT2D eigenvalue weighted by molar-refractivity contribution is 7.98. The van der Waals surface area contributed by atoms with E-state index in [1.807, 2.05) is 45.0 Å². The van der Waals surface area contributed by atoms with Gasteiger partial charge in [-0.15, -0.1) is 0 Å². The standard InChI is InChI=1S/C25H32Cl2N2O2S/c1-4-18(3)28-25(31)23(5-2)29(16-20-11-12-21(26)22(27)15-20)24(30)13-14-32-17-19-9-7-6-8-10-19/h6-12,15,18,23H,4-5,13-14,16-17H2,1-3H3,(H,28,31)/t18-,23-/m1/s1. The fourth-order valence-corrected chi connectivity index (χ4v) is 4.47. The molecule has 7 heteroatoms. The maximum atomic E-state index is 13.2. The van der Waals surface area contributed by atoms with E-state index in [-0.39, 0.29) is 17.9 Å². The summed E-state index contributed by atoms with van der Waals surface area (Å²) >= 11 is 14.0. The second kappa shape index (κ2) is 13.8. The Balaban J connectivity index is 2.10. The Labute approximate surface area is 206 Å². The molecule has 0 bridgehead atoms. The minimum atomic E-state index is -0.537. The van der Waals surface area contributed by atoms with Crippen LogP contribution in [0.5, 0.6) is 0 Å². The molecule has 4 nitrogen and oxygen atoms in total. The van der Waals surface area contributed by atoms with Crippen LogP contribution in [0.25, 0.3) is 0 Å². The summed E-state index contributed by atoms with van der Waals surface area (Å²) in [4.78, 5) is 27.9. The first-order valence-electron chi connectivity index (χ1n) is 11.0. The van der Waals surface area contributed by atoms with Crippen molar-refractivity contribution in [3.8, 4) is 0 Å². The predicted molar refractivity (Wildman–Crippen MR) is 136 cm³/mol. The average molecular weight is 496 g/mol. The van der Waals surface area contributed by atoms with Gasteiger partial charge in [-0.05, 0) is 43.0 Å². The van der Waals surface area contributed by atoms with Crippen molar-refractivity contribution in [3.63, 3.8) is 0 Å². The number of rotatable bonds is 12. The molecular weight excluding hydrogens is 463 g/mol. The number of amides is 2. The van der Waals surface area contributed by atoms with E-state index < -0.39 is 6.04 Å². The first-order valence-corrected chi connectivity index (χ1v) is 12.9. The molecule has 1 N–H and O–H groups in total. The van der Waals surface area contributed by atoms with E-state index in [9.17, 15) is 9.59 Å². The topological polar surface area (TPSA) is 49.4 Å². The van der Waals surface area contributed by atoms with Crippen LogP contribution < -0.4 is 5.32 Å². The SMILES string of the molecule is CC[C@@H](C)NC(=O)[C@@H](CC)N(Cc1ccc(Cl)c(Cl)c1)C(=O)CCSCc1ccccc1. The molecule has 0 saturated carbocycles. The molecule has 0 aliphatic carbocycles. The molecule has 2 aromatic carbocycles. The summed E-state index contributed by atoms with van der Waals surface area (Å²) in [5, 5.41) is 3.93. The summed E-state index contributed by atoms with van der Waals surface area (Å²) < 4.78 is 0. The third-order valence-electron chi connectivity index (χ3n) is 5.30. The Morgan fingerprint density at radius 2 is 1.72 bits per heavy atom. The van der Waals surface area contributed by atoms with Gasteiger partial charge in [0.1, 0.15) is 6.04 Å². The molecule has 0 spiro atoms. The summed E-state index contributed by atoms with van der Waals surface area (Å²) in [5.74, 6) is 1.39. The lowest BCUT2D eigenvalue weighted by molar-refractivity contribution is -0.141. The molecule has 0 fully saturated rings. The van der Waals surface area contributed by atoms with Gasteiger partial charge in [0.15, 0.2) is 0 Å². The minimum absolute atomic E-state index is 0.0391. The second-order valence-corrected chi connectivity index (χ2v) is 9.72. The van der Waals surface area contributed by atoms with E-state index in [0.717, 1.165) is 17.7 Å². The molecule has 174 valence electrons. The second-order valence-electron chi connectivity index (χ2n) is 7.80. The van der Waals surface area contributed by atoms with Gasteiger partial charge in [-0.3, -0.25) is 9.59 Å². The van der Waals surface area contributed by atoms with Gasteiger partial charge in [-0.2, -0.15) is 11.8 Å². The van der Waals surface area contributed by atoms with Gasteiger partial charge in [0.05, 0.1) is 10.0 Å². The molecule has 0 heterocycles. The Morgan fingerprint density at radius 1 is 1.00 bits per heavy atom. The van der Waals surface area contributed by atoms with Crippen molar-refractivity contribution in [1.82, 2.24) is 10.2 Å². The van der Waals surface area contributed by atoms with Crippen LogP contribution in [0.2, 0.25) is 10.0 Å². The van der Waals surface area contributed by atoms with Crippen molar-refractivity contribution in [2.45, 2.75) is 64.4 Å². The smallest absolute Gasteiger partial charge is 0.243 e. The van der Waals surface area contributed by atoms with Crippen LogP contribution in [0.15, 0.2) is 48.5 Å². The average Bonchev–Trinajstić information content (AvgIpc) is 2.79. The van der Waals surface area contributed by atoms with Crippen LogP contribution in [0.4, 0.5) is 0 Å². The lowest BCUT2D eigenvalue weighted by Crippen LogP contribution is -2.50. The van der Waals surface area contributed by atoms with Crippen molar-refractivity contribution >= 4 is 46.8 Å². The number of hydrogen-bond donors (Lipinski definition) is 1. The van der Waals surface area contributed by atoms with Crippen molar-refractivity contribution < 1.29 is 9.59 Å². The monoisotopic (exact) mass is 494 g/mol. The third-order valence-corrected chi connectivity index (χ3v) is 7.06. The number of nitrogens with one attached hydrogen (secondary N) is 1. The van der Waals surface area contributed by atoms with Crippen molar-refractivity contribution in [1.29, 1.82) is 0 Å². The van der Waals surface area contributed by atoms with Crippen LogP contribution in [-0.2, 0) is 21.9 Å². The number of carbonyl (C=O) groups excluding carboxylic acids is 2. The van der Waals surface area contributed by atoms with E-state index in [0.29, 0.717) is 35.2 Å². The largest absolute Gasteiger partial charge is 0.352 e. The highest BCUT2D eigenvalue weighted by atomic mass is 35.5. The van der Waals surface area contributed by atoms with Crippen LogP contribution in [-0.4, -0.2) is 34.6 Å². The Morgan fingerprint density at radius 3 is 2.34 bits per heavy atom. The lowest BCUT2D eigenvalue weighted by atomic mass is 10.1. The molecule has 2 aromatic rings. The van der Waals surface area contributed by atoms with E-state index in [1.165, 1.54) is 5.56 Å². The molecule has 0 aliphatic heterocycles. The summed E-state index contributed by atoms with van der Waals surface area (Å²) in [6, 6.07) is 15.0. The fraction of sp³-hybridized carbons (Fsp3) is 0.440. The maximum Gasteiger partial charge on any atom is 0.243 e. The van der Waals surface area contributed by atoms with Gasteiger partial charge in [-0.1, -0.05) is 73.4 Å². The van der Waals surface area contributed by atoms with E-state index >= 15 is 0 Å². The molecule has 32 heavy (non-hydrogen) atoms. The summed E-state index contributed by atoms with van der Waals surface area (Å²) in [5.41, 5.74) is 2.08. The Bertz CT molecular complexity index is 880. The zero-order valence-corrected chi connectivity index (χ0v) is 21.3. The lowest BCUT2D eigenvalue weighted by Gasteiger charge is -2.31. The minimum Gasteiger partial charge on any atom is -0.352 e. The molecule has 0 unspecified atom stereocenters. The first kappa shape index (κ1) is 26.6. The van der Waals surface area contributed by atoms with Crippen LogP contribution in [0.1, 0.15) is 51.2 Å². The van der Waals surface area contributed by atoms with Gasteiger partial charge < -0.3 is 10.2 Å². The molecule has 0 aliphatic rings. The Kier molecular flexibility index (Phi) is 11.4. The number of carbonyl (C=O) groups is 2. The van der Waals surface area contributed by atoms with Crippen LogP contribution in [0.3, 0.4) is 0 Å². The highest BCUT2D eigenvalue weighted by Gasteiger charge is 2.29. The number of nitrogens with zero attached hydrogens (tertiary/aromatic N) is 1. The molecule has 0 radical (unpaired) electrons. The van der Waals surface area contributed by atoms with Gasteiger partial charge in [0.2, 0.25) is 11.8 Å². The number of thioether (sulfide) groups is 1. The van der Waals surface area contributed by atoms with Crippen molar-refractivity contribution in [2.75, 3.05) is 5.75 Å². The summed E-state index contributed by atoms with van der Waals surface area (Å²) in [7, 11) is 0. The number of halogens is 2. The molecule has 2 rings (SSSR count). The summed E-state index contributed by atoms with van der Waals surface area (Å²) in [6.45, 7) is 6.23. The number of benzene rings is 2. The molecule has 2 amide bonds. The third kappa shape index (κ3) is 8.34. The van der Waals surface area contributed by atoms with Gasteiger partial charge in [0, 0.05) is 30.5 Å². The number of hydrogen-bond acceptors (Lipinski definition) is 3. The maximum absolute atomic E-state index is 13.2. The first-order chi connectivity index (χ1) is 15.3. The summed E-state index contributed by atoms with van der Waals surface area (Å²) in [6.07, 6.45) is 1.73. The van der Waals surface area contributed by atoms with Gasteiger partial charge in [0.25, 0.3) is 0 Å². The van der Waals surface area contributed by atoms with Gasteiger partial charge in [-0.25, -0.2) is 0 Å². The van der Waals surface area contributed by atoms with E-state index in [2.05, 4.69) is 17.4 Å². The zero-order valence-electron chi connectivity index (χ0n) is 18.9. The quantitative estimate of drug-likeness (QED) is 0.350. The highest BCUT2D eigenvalue weighted by Crippen LogP contribution is 2.24. The molecule has 0 saturated heterocycles. The van der Waals surface area contributed by atoms with Gasteiger partial charge >= 0.3 is 0 Å². The van der Waals surface area contributed by atoms with E-state index in [4.69, 9.17) is 23.2 Å². The zero-order chi connectivity index (χ0) is 23.5. The molecular formula is C25H32Cl2N2O2S. The predicted octanol–water partition coefficient (Wildman–Crippen LogP) is 6.34.